The van der Waals surface area contributed by atoms with Crippen LogP contribution in [0.25, 0.3) is 0 Å². The Morgan fingerprint density at radius 3 is 2.75 bits per heavy atom. The van der Waals surface area contributed by atoms with Crippen molar-refractivity contribution < 1.29 is 14.7 Å². The molecule has 2 rings (SSSR count). The number of hydrogen-bond acceptors (Lipinski definition) is 3. The quantitative estimate of drug-likeness (QED) is 0.766. The summed E-state index contributed by atoms with van der Waals surface area (Å²) in [6, 6.07) is 7.33. The maximum absolute atomic E-state index is 12.3. The molecule has 0 bridgehead atoms. The fourth-order valence-electron chi connectivity index (χ4n) is 2.54. The Balaban J connectivity index is 2.05. The summed E-state index contributed by atoms with van der Waals surface area (Å²) in [7, 11) is 0. The van der Waals surface area contributed by atoms with E-state index in [0.29, 0.717) is 19.3 Å². The fraction of sp³-hybridized carbons (Fsp3) is 0.467. The van der Waals surface area contributed by atoms with Crippen molar-refractivity contribution in [1.82, 2.24) is 5.32 Å². The second-order valence-corrected chi connectivity index (χ2v) is 5.43. The third-order valence-corrected chi connectivity index (χ3v) is 3.71. The predicted molar refractivity (Wildman–Crippen MR) is 76.6 cm³/mol. The van der Waals surface area contributed by atoms with Gasteiger partial charge in [0.1, 0.15) is 11.6 Å². The Kier molecular flexibility index (Phi) is 3.97. The number of rotatable bonds is 5. The van der Waals surface area contributed by atoms with Gasteiger partial charge in [-0.15, -0.1) is 0 Å². The van der Waals surface area contributed by atoms with E-state index in [1.807, 2.05) is 31.2 Å². The summed E-state index contributed by atoms with van der Waals surface area (Å²) >= 11 is 0. The molecule has 0 aromatic heterocycles. The maximum Gasteiger partial charge on any atom is 0.329 e. The highest BCUT2D eigenvalue weighted by Crippen LogP contribution is 2.25. The molecule has 1 aliphatic heterocycles. The van der Waals surface area contributed by atoms with Crippen LogP contribution >= 0.6 is 0 Å². The van der Waals surface area contributed by atoms with Crippen LogP contribution in [0.4, 0.5) is 5.69 Å². The van der Waals surface area contributed by atoms with E-state index in [1.54, 1.807) is 6.92 Å². The van der Waals surface area contributed by atoms with E-state index >= 15 is 0 Å². The number of aliphatic carboxylic acids is 1. The van der Waals surface area contributed by atoms with Gasteiger partial charge in [0.2, 0.25) is 5.91 Å². The summed E-state index contributed by atoms with van der Waals surface area (Å²) in [6.07, 6.45) is 1.69. The fourth-order valence-corrected chi connectivity index (χ4v) is 2.54. The molecule has 0 fully saturated rings. The van der Waals surface area contributed by atoms with Gasteiger partial charge in [-0.3, -0.25) is 4.79 Å². The van der Waals surface area contributed by atoms with E-state index in [0.717, 1.165) is 11.3 Å². The predicted octanol–water partition coefficient (Wildman–Crippen LogP) is 1.78. The molecule has 1 amide bonds. The normalized spacial score (nSPS) is 19.6. The first-order valence-electron chi connectivity index (χ1n) is 6.86. The number of carbonyl (C=O) groups is 2. The number of nitrogens with one attached hydrogen (secondary N) is 2. The number of anilines is 1. The molecule has 1 aromatic carbocycles. The largest absolute Gasteiger partial charge is 0.480 e. The van der Waals surface area contributed by atoms with Crippen molar-refractivity contribution in [2.24, 2.45) is 0 Å². The Labute approximate surface area is 118 Å². The molecule has 2 atom stereocenters. The number of para-hydroxylation sites is 1. The van der Waals surface area contributed by atoms with E-state index in [2.05, 4.69) is 10.6 Å². The van der Waals surface area contributed by atoms with Crippen LogP contribution in [0.1, 0.15) is 32.3 Å². The number of hydrogen-bond donors (Lipinski definition) is 3. The number of benzene rings is 1. The van der Waals surface area contributed by atoms with Crippen LogP contribution in [0.2, 0.25) is 0 Å². The van der Waals surface area contributed by atoms with Crippen molar-refractivity contribution in [2.45, 2.75) is 44.7 Å². The van der Waals surface area contributed by atoms with Crippen LogP contribution < -0.4 is 10.6 Å². The molecule has 0 aliphatic carbocycles. The van der Waals surface area contributed by atoms with Gasteiger partial charge in [0, 0.05) is 12.1 Å². The first-order chi connectivity index (χ1) is 9.46. The average Bonchev–Trinajstić information content (AvgIpc) is 2.82. The summed E-state index contributed by atoms with van der Waals surface area (Å²) < 4.78 is 0. The summed E-state index contributed by atoms with van der Waals surface area (Å²) in [5, 5.41) is 15.1. The summed E-state index contributed by atoms with van der Waals surface area (Å²) in [6.45, 7) is 3.45. The molecular weight excluding hydrogens is 256 g/mol. The Morgan fingerprint density at radius 1 is 1.45 bits per heavy atom. The van der Waals surface area contributed by atoms with Crippen LogP contribution in [0.15, 0.2) is 24.3 Å². The van der Waals surface area contributed by atoms with Gasteiger partial charge < -0.3 is 15.7 Å². The summed E-state index contributed by atoms with van der Waals surface area (Å²) in [5.41, 5.74) is 0.822. The number of carboxylic acids is 1. The minimum Gasteiger partial charge on any atom is -0.480 e. The molecule has 0 saturated heterocycles. The van der Waals surface area contributed by atoms with E-state index in [4.69, 9.17) is 0 Å². The molecule has 0 saturated carbocycles. The van der Waals surface area contributed by atoms with Crippen molar-refractivity contribution >= 4 is 17.6 Å². The molecule has 108 valence electrons. The summed E-state index contributed by atoms with van der Waals surface area (Å²) in [5.74, 6) is -1.26. The van der Waals surface area contributed by atoms with Crippen LogP contribution in [0, 0.1) is 0 Å². The number of carbonyl (C=O) groups excluding carboxylic acids is 1. The first kappa shape index (κ1) is 14.4. The lowest BCUT2D eigenvalue weighted by atomic mass is 9.95. The molecular formula is C15H20N2O3. The topological polar surface area (TPSA) is 78.4 Å². The van der Waals surface area contributed by atoms with Crippen LogP contribution in [0.5, 0.6) is 0 Å². The second kappa shape index (κ2) is 5.53. The van der Waals surface area contributed by atoms with E-state index in [9.17, 15) is 14.7 Å². The SMILES string of the molecule is CCCC(C)(NC(=O)C1Cc2ccccc2N1)C(=O)O. The van der Waals surface area contributed by atoms with Crippen LogP contribution in [-0.2, 0) is 16.0 Å². The molecule has 0 radical (unpaired) electrons. The molecule has 20 heavy (non-hydrogen) atoms. The van der Waals surface area contributed by atoms with Crippen LogP contribution in [-0.4, -0.2) is 28.6 Å². The lowest BCUT2D eigenvalue weighted by Gasteiger charge is -2.27. The van der Waals surface area contributed by atoms with Crippen molar-refractivity contribution in [2.75, 3.05) is 5.32 Å². The lowest BCUT2D eigenvalue weighted by molar-refractivity contribution is -0.147. The molecule has 2 unspecified atom stereocenters. The van der Waals surface area contributed by atoms with Crippen LogP contribution in [0.3, 0.4) is 0 Å². The average molecular weight is 276 g/mol. The highest BCUT2D eigenvalue weighted by molar-refractivity contribution is 5.92. The van der Waals surface area contributed by atoms with Crippen molar-refractivity contribution in [3.63, 3.8) is 0 Å². The Hall–Kier alpha value is -2.04. The first-order valence-corrected chi connectivity index (χ1v) is 6.86. The maximum atomic E-state index is 12.3. The summed E-state index contributed by atoms with van der Waals surface area (Å²) in [4.78, 5) is 23.6. The van der Waals surface area contributed by atoms with Gasteiger partial charge >= 0.3 is 5.97 Å². The zero-order valence-electron chi connectivity index (χ0n) is 11.8. The minimum atomic E-state index is -1.21. The van der Waals surface area contributed by atoms with Gasteiger partial charge in [-0.2, -0.15) is 0 Å². The zero-order valence-corrected chi connectivity index (χ0v) is 11.8. The third-order valence-electron chi connectivity index (χ3n) is 3.71. The standard InChI is InChI=1S/C15H20N2O3/c1-3-8-15(2,14(19)20)17-13(18)12-9-10-6-4-5-7-11(10)16-12/h4-7,12,16H,3,8-9H2,1-2H3,(H,17,18)(H,19,20). The van der Waals surface area contributed by atoms with Gasteiger partial charge in [-0.1, -0.05) is 31.5 Å². The van der Waals surface area contributed by atoms with Gasteiger partial charge in [-0.05, 0) is 25.0 Å². The second-order valence-electron chi connectivity index (χ2n) is 5.43. The molecule has 5 heteroatoms. The van der Waals surface area contributed by atoms with Gasteiger partial charge in [-0.25, -0.2) is 4.79 Å². The highest BCUT2D eigenvalue weighted by Gasteiger charge is 2.37. The minimum absolute atomic E-state index is 0.264. The lowest BCUT2D eigenvalue weighted by Crippen LogP contribution is -2.55. The Morgan fingerprint density at radius 2 is 2.15 bits per heavy atom. The molecule has 5 nitrogen and oxygen atoms in total. The molecule has 0 spiro atoms. The zero-order chi connectivity index (χ0) is 14.8. The number of fused-ring (bicyclic) bond motifs is 1. The molecule has 1 aliphatic rings. The van der Waals surface area contributed by atoms with Crippen molar-refractivity contribution in [1.29, 1.82) is 0 Å². The van der Waals surface area contributed by atoms with Gasteiger partial charge in [0.25, 0.3) is 0 Å². The third kappa shape index (κ3) is 2.76. The van der Waals surface area contributed by atoms with Crippen molar-refractivity contribution in [3.8, 4) is 0 Å². The molecule has 3 N–H and O–H groups in total. The monoisotopic (exact) mass is 276 g/mol. The van der Waals surface area contributed by atoms with Gasteiger partial charge in [0.15, 0.2) is 0 Å². The van der Waals surface area contributed by atoms with E-state index in [1.165, 1.54) is 0 Å². The van der Waals surface area contributed by atoms with Crippen molar-refractivity contribution in [3.05, 3.63) is 29.8 Å². The number of amides is 1. The Bertz CT molecular complexity index is 505. The number of carboxylic acid groups (broad SMARTS) is 1. The van der Waals surface area contributed by atoms with E-state index < -0.39 is 17.6 Å². The highest BCUT2D eigenvalue weighted by atomic mass is 16.4. The molecule has 1 heterocycles. The molecule has 1 aromatic rings. The van der Waals surface area contributed by atoms with E-state index in [-0.39, 0.29) is 5.91 Å². The smallest absolute Gasteiger partial charge is 0.329 e. The van der Waals surface area contributed by atoms with Gasteiger partial charge in [0.05, 0.1) is 0 Å².